The van der Waals surface area contributed by atoms with Gasteiger partial charge in [0, 0.05) is 41.8 Å². The van der Waals surface area contributed by atoms with Gasteiger partial charge in [-0.3, -0.25) is 14.6 Å². The lowest BCUT2D eigenvalue weighted by molar-refractivity contribution is -0.187. The molecule has 4 rings (SSSR count). The number of alkyl halides is 3. The summed E-state index contributed by atoms with van der Waals surface area (Å²) in [6, 6.07) is 8.70. The molecule has 1 aliphatic rings. The number of fused-ring (bicyclic) bond motifs is 1. The molecule has 8 nitrogen and oxygen atoms in total. The van der Waals surface area contributed by atoms with E-state index < -0.39 is 37.3 Å². The second-order valence-corrected chi connectivity index (χ2v) is 8.04. The van der Waals surface area contributed by atoms with Crippen LogP contribution < -0.4 is 10.2 Å². The Morgan fingerprint density at radius 3 is 2.71 bits per heavy atom. The molecule has 1 N–H and O–H groups in total. The quantitative estimate of drug-likeness (QED) is 0.483. The first-order valence-electron chi connectivity index (χ1n) is 10.8. The lowest BCUT2D eigenvalue weighted by atomic mass is 9.88. The summed E-state index contributed by atoms with van der Waals surface area (Å²) in [7, 11) is 0. The Balaban J connectivity index is 1.52. The average Bonchev–Trinajstić information content (AvgIpc) is 2.85. The minimum atomic E-state index is -4.49. The number of amides is 1. The molecule has 1 amide bonds. The van der Waals surface area contributed by atoms with E-state index in [0.717, 1.165) is 16.7 Å². The number of carbonyl (C=O) groups excluding carboxylic acids is 1. The third kappa shape index (κ3) is 6.52. The molecule has 184 valence electrons. The fraction of sp³-hybridized carbons (Fsp3) is 0.333. The van der Waals surface area contributed by atoms with Gasteiger partial charge in [-0.25, -0.2) is 15.4 Å². The van der Waals surface area contributed by atoms with Crippen molar-refractivity contribution in [3.05, 3.63) is 72.1 Å². The van der Waals surface area contributed by atoms with E-state index in [1.807, 2.05) is 18.2 Å². The maximum absolute atomic E-state index is 12.7. The molecule has 3 heterocycles. The van der Waals surface area contributed by atoms with Gasteiger partial charge < -0.3 is 9.47 Å². The predicted molar refractivity (Wildman–Crippen MR) is 118 cm³/mol. The highest BCUT2D eigenvalue weighted by molar-refractivity contribution is 5.93. The van der Waals surface area contributed by atoms with Crippen molar-refractivity contribution < 1.29 is 32.3 Å². The number of benzene rings is 1. The van der Waals surface area contributed by atoms with Crippen molar-refractivity contribution in [1.82, 2.24) is 20.4 Å². The number of hydrogen-bond acceptors (Lipinski definition) is 7. The van der Waals surface area contributed by atoms with Crippen LogP contribution in [0.1, 0.15) is 21.7 Å². The van der Waals surface area contributed by atoms with Crippen LogP contribution in [0.2, 0.25) is 0 Å². The SMILES string of the molecule is Cc1ncc(-c2cccc3c2C[C@H](C(COCC(F)(F)F)ONC(=O)c2cccnc2)CO3)cn1. The highest BCUT2D eigenvalue weighted by atomic mass is 19.4. The lowest BCUT2D eigenvalue weighted by Crippen LogP contribution is -2.42. The summed E-state index contributed by atoms with van der Waals surface area (Å²) in [5.74, 6) is 0.312. The molecule has 2 atom stereocenters. The number of ether oxygens (including phenoxy) is 2. The van der Waals surface area contributed by atoms with Crippen molar-refractivity contribution in [2.24, 2.45) is 5.92 Å². The standard InChI is InChI=1S/C24H23F3N4O4/c1-15-29-10-18(11-30-15)19-5-2-6-21-20(19)8-17(12-34-21)22(13-33-14-24(25,26)27)35-31-23(32)16-4-3-7-28-9-16/h2-7,9-11,17,22H,8,12-14H2,1H3,(H,31,32)/t17-,22?/m0/s1. The van der Waals surface area contributed by atoms with E-state index in [1.54, 1.807) is 25.4 Å². The number of aryl methyl sites for hydroxylation is 1. The molecule has 2 aromatic heterocycles. The zero-order chi connectivity index (χ0) is 24.8. The van der Waals surface area contributed by atoms with Gasteiger partial charge in [-0.15, -0.1) is 0 Å². The summed E-state index contributed by atoms with van der Waals surface area (Å²) in [5.41, 5.74) is 5.03. The first-order valence-corrected chi connectivity index (χ1v) is 10.8. The summed E-state index contributed by atoms with van der Waals surface area (Å²) >= 11 is 0. The molecule has 1 unspecified atom stereocenters. The molecule has 0 saturated heterocycles. The summed E-state index contributed by atoms with van der Waals surface area (Å²) in [5, 5.41) is 0. The van der Waals surface area contributed by atoms with Crippen LogP contribution in [0.5, 0.6) is 5.75 Å². The van der Waals surface area contributed by atoms with Gasteiger partial charge in [-0.2, -0.15) is 13.2 Å². The maximum atomic E-state index is 12.7. The van der Waals surface area contributed by atoms with Crippen LogP contribution in [0.3, 0.4) is 0 Å². The number of aromatic nitrogens is 3. The molecule has 35 heavy (non-hydrogen) atoms. The van der Waals surface area contributed by atoms with E-state index in [4.69, 9.17) is 14.3 Å². The molecule has 0 spiro atoms. The highest BCUT2D eigenvalue weighted by Crippen LogP contribution is 2.36. The molecule has 0 fully saturated rings. The van der Waals surface area contributed by atoms with Crippen LogP contribution in [0, 0.1) is 12.8 Å². The maximum Gasteiger partial charge on any atom is 0.411 e. The van der Waals surface area contributed by atoms with Crippen molar-refractivity contribution in [1.29, 1.82) is 0 Å². The van der Waals surface area contributed by atoms with E-state index in [0.29, 0.717) is 18.0 Å². The topological polar surface area (TPSA) is 95.5 Å². The van der Waals surface area contributed by atoms with Gasteiger partial charge in [0.2, 0.25) is 0 Å². The molecule has 1 aliphatic heterocycles. The largest absolute Gasteiger partial charge is 0.493 e. The van der Waals surface area contributed by atoms with Crippen LogP contribution in [-0.4, -0.2) is 53.0 Å². The molecule has 1 aromatic carbocycles. The summed E-state index contributed by atoms with van der Waals surface area (Å²) in [6.45, 7) is 0.126. The summed E-state index contributed by atoms with van der Waals surface area (Å²) in [6.07, 6.45) is 1.29. The third-order valence-electron chi connectivity index (χ3n) is 5.44. The fourth-order valence-corrected chi connectivity index (χ4v) is 3.71. The molecule has 0 aliphatic carbocycles. The first kappa shape index (κ1) is 24.6. The number of nitrogens with one attached hydrogen (secondary N) is 1. The molecule has 3 aromatic rings. The van der Waals surface area contributed by atoms with Crippen molar-refractivity contribution >= 4 is 5.91 Å². The van der Waals surface area contributed by atoms with Crippen molar-refractivity contribution in [3.63, 3.8) is 0 Å². The van der Waals surface area contributed by atoms with E-state index in [2.05, 4.69) is 20.4 Å². The monoisotopic (exact) mass is 488 g/mol. The van der Waals surface area contributed by atoms with Gasteiger partial charge in [-0.1, -0.05) is 12.1 Å². The van der Waals surface area contributed by atoms with Crippen molar-refractivity contribution in [2.75, 3.05) is 19.8 Å². The zero-order valence-corrected chi connectivity index (χ0v) is 18.8. The van der Waals surface area contributed by atoms with E-state index in [9.17, 15) is 18.0 Å². The molecular formula is C24H23F3N4O4. The number of halogens is 3. The molecular weight excluding hydrogens is 465 g/mol. The second-order valence-electron chi connectivity index (χ2n) is 8.04. The van der Waals surface area contributed by atoms with Gasteiger partial charge in [0.05, 0.1) is 18.8 Å². The first-order chi connectivity index (χ1) is 16.8. The Hall–Kier alpha value is -3.57. The van der Waals surface area contributed by atoms with Gasteiger partial charge in [0.1, 0.15) is 24.3 Å². The van der Waals surface area contributed by atoms with E-state index in [1.165, 1.54) is 18.5 Å². The van der Waals surface area contributed by atoms with Gasteiger partial charge in [0.15, 0.2) is 0 Å². The van der Waals surface area contributed by atoms with Crippen LogP contribution in [0.4, 0.5) is 13.2 Å². The average molecular weight is 488 g/mol. The molecule has 0 radical (unpaired) electrons. The Morgan fingerprint density at radius 1 is 1.20 bits per heavy atom. The Bertz CT molecular complexity index is 1140. The smallest absolute Gasteiger partial charge is 0.411 e. The van der Waals surface area contributed by atoms with Crippen molar-refractivity contribution in [2.45, 2.75) is 25.6 Å². The fourth-order valence-electron chi connectivity index (χ4n) is 3.71. The van der Waals surface area contributed by atoms with E-state index in [-0.39, 0.29) is 12.2 Å². The van der Waals surface area contributed by atoms with Gasteiger partial charge in [0.25, 0.3) is 5.91 Å². The number of nitrogens with zero attached hydrogens (tertiary/aromatic N) is 3. The Labute approximate surface area is 199 Å². The number of rotatable bonds is 8. The predicted octanol–water partition coefficient (Wildman–Crippen LogP) is 3.71. The Morgan fingerprint density at radius 2 is 2.00 bits per heavy atom. The minimum Gasteiger partial charge on any atom is -0.493 e. The molecule has 0 saturated carbocycles. The Kier molecular flexibility index (Phi) is 7.57. The van der Waals surface area contributed by atoms with Crippen molar-refractivity contribution in [3.8, 4) is 16.9 Å². The highest BCUT2D eigenvalue weighted by Gasteiger charge is 2.33. The lowest BCUT2D eigenvalue weighted by Gasteiger charge is -2.32. The van der Waals surface area contributed by atoms with Gasteiger partial charge >= 0.3 is 6.18 Å². The van der Waals surface area contributed by atoms with Crippen LogP contribution in [0.15, 0.2) is 55.1 Å². The third-order valence-corrected chi connectivity index (χ3v) is 5.44. The normalized spacial score (nSPS) is 16.2. The summed E-state index contributed by atoms with van der Waals surface area (Å²) in [4.78, 5) is 30.3. The molecule has 0 bridgehead atoms. The van der Waals surface area contributed by atoms with Crippen LogP contribution in [0.25, 0.3) is 11.1 Å². The number of carbonyl (C=O) groups is 1. The molecule has 11 heteroatoms. The summed E-state index contributed by atoms with van der Waals surface area (Å²) < 4.78 is 48.8. The second kappa shape index (κ2) is 10.8. The van der Waals surface area contributed by atoms with Crippen LogP contribution in [-0.2, 0) is 16.0 Å². The minimum absolute atomic E-state index is 0.170. The van der Waals surface area contributed by atoms with Gasteiger partial charge in [-0.05, 0) is 37.1 Å². The number of hydroxylamine groups is 1. The van der Waals surface area contributed by atoms with Crippen LogP contribution >= 0.6 is 0 Å². The zero-order valence-electron chi connectivity index (χ0n) is 18.8. The number of pyridine rings is 1. The van der Waals surface area contributed by atoms with E-state index >= 15 is 0 Å². The number of hydrogen-bond donors (Lipinski definition) is 1.